The van der Waals surface area contributed by atoms with Crippen molar-refractivity contribution in [3.05, 3.63) is 41.4 Å². The van der Waals surface area contributed by atoms with Gasteiger partial charge in [0, 0.05) is 30.6 Å². The van der Waals surface area contributed by atoms with Crippen LogP contribution in [0.2, 0.25) is 0 Å². The molecule has 3 rings (SSSR count). The van der Waals surface area contributed by atoms with Crippen molar-refractivity contribution in [1.29, 1.82) is 0 Å². The highest BCUT2D eigenvalue weighted by Gasteiger charge is 2.35. The molecule has 84 valence electrons. The molecule has 1 aliphatic heterocycles. The van der Waals surface area contributed by atoms with E-state index in [2.05, 4.69) is 4.99 Å². The summed E-state index contributed by atoms with van der Waals surface area (Å²) in [4.78, 5) is 3.98. The predicted octanol–water partition coefficient (Wildman–Crippen LogP) is 1.42. The zero-order chi connectivity index (χ0) is 10.5. The van der Waals surface area contributed by atoms with Gasteiger partial charge in [-0.15, -0.1) is 12.4 Å². The molecule has 1 atom stereocenters. The first-order valence-electron chi connectivity index (χ1n) is 4.74. The average molecular weight is 239 g/mol. The lowest BCUT2D eigenvalue weighted by molar-refractivity contribution is 0.116. The smallest absolute Gasteiger partial charge is 0.117 e. The number of hydrogen-bond donors (Lipinski definition) is 2. The Morgan fingerprint density at radius 1 is 1.44 bits per heavy atom. The first-order chi connectivity index (χ1) is 7.19. The van der Waals surface area contributed by atoms with Crippen LogP contribution < -0.4 is 0 Å². The zero-order valence-corrected chi connectivity index (χ0v) is 9.18. The van der Waals surface area contributed by atoms with Gasteiger partial charge in [0.05, 0.1) is 5.69 Å². The zero-order valence-electron chi connectivity index (χ0n) is 8.37. The molecule has 0 radical (unpaired) electrons. The van der Waals surface area contributed by atoms with Crippen molar-refractivity contribution in [3.8, 4) is 0 Å². The molecule has 1 aromatic heterocycles. The highest BCUT2D eigenvalue weighted by molar-refractivity contribution is 5.91. The van der Waals surface area contributed by atoms with Crippen LogP contribution in [0.1, 0.15) is 11.3 Å². The highest BCUT2D eigenvalue weighted by Crippen LogP contribution is 2.33. The molecule has 1 aliphatic carbocycles. The third kappa shape index (κ3) is 1.38. The van der Waals surface area contributed by atoms with Gasteiger partial charge in [-0.25, -0.2) is 0 Å². The van der Waals surface area contributed by atoms with Crippen molar-refractivity contribution < 1.29 is 10.3 Å². The maximum atomic E-state index is 10.3. The summed E-state index contributed by atoms with van der Waals surface area (Å²) < 4.78 is 1.06. The second-order valence-corrected chi connectivity index (χ2v) is 3.86. The number of hydrogen-bond acceptors (Lipinski definition) is 3. The molecule has 2 aliphatic rings. The molecule has 0 saturated heterocycles. The lowest BCUT2D eigenvalue weighted by Crippen LogP contribution is -2.36. The maximum Gasteiger partial charge on any atom is 0.117 e. The van der Waals surface area contributed by atoms with Crippen LogP contribution in [0.5, 0.6) is 0 Å². The maximum absolute atomic E-state index is 10.3. The van der Waals surface area contributed by atoms with Gasteiger partial charge in [0.15, 0.2) is 0 Å². The quantitative estimate of drug-likeness (QED) is 0.672. The van der Waals surface area contributed by atoms with Crippen molar-refractivity contribution in [2.24, 2.45) is 4.99 Å². The van der Waals surface area contributed by atoms with Crippen molar-refractivity contribution >= 4 is 24.7 Å². The number of nitrogens with zero attached hydrogens (tertiary/aromatic N) is 2. The summed E-state index contributed by atoms with van der Waals surface area (Å²) in [6.07, 6.45) is 8.67. The van der Waals surface area contributed by atoms with Crippen LogP contribution in [0, 0.1) is 0 Å². The number of aromatic nitrogens is 1. The molecular formula is C11H11ClN2O2. The molecule has 0 spiro atoms. The second kappa shape index (κ2) is 3.50. The van der Waals surface area contributed by atoms with Crippen LogP contribution in [-0.4, -0.2) is 26.9 Å². The summed E-state index contributed by atoms with van der Waals surface area (Å²) in [6, 6.07) is 1.81. The summed E-state index contributed by atoms with van der Waals surface area (Å²) >= 11 is 0. The van der Waals surface area contributed by atoms with Gasteiger partial charge < -0.3 is 10.3 Å². The molecule has 0 bridgehead atoms. The Morgan fingerprint density at radius 2 is 2.25 bits per heavy atom. The fourth-order valence-electron chi connectivity index (χ4n) is 2.03. The van der Waals surface area contributed by atoms with Crippen LogP contribution >= 0.6 is 12.4 Å². The van der Waals surface area contributed by atoms with Crippen molar-refractivity contribution in [2.75, 3.05) is 0 Å². The van der Waals surface area contributed by atoms with E-state index < -0.39 is 5.60 Å². The van der Waals surface area contributed by atoms with Gasteiger partial charge >= 0.3 is 0 Å². The van der Waals surface area contributed by atoms with Gasteiger partial charge in [-0.3, -0.25) is 4.99 Å². The van der Waals surface area contributed by atoms with E-state index in [9.17, 15) is 10.3 Å². The fourth-order valence-corrected chi connectivity index (χ4v) is 2.03. The third-order valence-corrected chi connectivity index (χ3v) is 2.90. The normalized spacial score (nSPS) is 25.4. The van der Waals surface area contributed by atoms with E-state index in [4.69, 9.17) is 0 Å². The van der Waals surface area contributed by atoms with Gasteiger partial charge in [-0.05, 0) is 23.8 Å². The summed E-state index contributed by atoms with van der Waals surface area (Å²) in [5.74, 6) is 0. The number of fused-ring (bicyclic) bond motifs is 2. The monoisotopic (exact) mass is 238 g/mol. The molecule has 5 heteroatoms. The molecule has 1 unspecified atom stereocenters. The molecule has 0 fully saturated rings. The molecule has 0 saturated carbocycles. The summed E-state index contributed by atoms with van der Waals surface area (Å²) in [5, 5.41) is 19.8. The number of halogens is 1. The van der Waals surface area contributed by atoms with Gasteiger partial charge in [-0.2, -0.15) is 4.73 Å². The fraction of sp³-hybridized carbons (Fsp3) is 0.182. The highest BCUT2D eigenvalue weighted by atomic mass is 35.5. The second-order valence-electron chi connectivity index (χ2n) is 3.86. The SMILES string of the molecule is Cl.On1ccc2c1CC1(O)C=CN=CC1=C2. The van der Waals surface area contributed by atoms with Gasteiger partial charge in [0.1, 0.15) is 5.60 Å². The molecule has 0 amide bonds. The van der Waals surface area contributed by atoms with Crippen LogP contribution in [0.3, 0.4) is 0 Å². The minimum atomic E-state index is -1.02. The van der Waals surface area contributed by atoms with Crippen LogP contribution in [-0.2, 0) is 6.42 Å². The van der Waals surface area contributed by atoms with Crippen molar-refractivity contribution in [2.45, 2.75) is 12.0 Å². The Hall–Kier alpha value is -1.52. The van der Waals surface area contributed by atoms with E-state index in [1.165, 1.54) is 0 Å². The van der Waals surface area contributed by atoms with E-state index in [-0.39, 0.29) is 12.4 Å². The van der Waals surface area contributed by atoms with E-state index >= 15 is 0 Å². The Bertz CT molecular complexity index is 516. The van der Waals surface area contributed by atoms with Crippen molar-refractivity contribution in [3.63, 3.8) is 0 Å². The van der Waals surface area contributed by atoms with Crippen LogP contribution in [0.4, 0.5) is 0 Å². The topological polar surface area (TPSA) is 57.8 Å². The summed E-state index contributed by atoms with van der Waals surface area (Å²) in [7, 11) is 0. The van der Waals surface area contributed by atoms with E-state index in [0.29, 0.717) is 6.42 Å². The standard InChI is InChI=1S/C11H10N2O2.ClH/c14-11-2-3-12-7-9(11)5-8-1-4-13(15)10(8)6-11;/h1-5,7,14-15H,6H2;1H. The Morgan fingerprint density at radius 3 is 3.06 bits per heavy atom. The minimum Gasteiger partial charge on any atom is -0.429 e. The molecule has 1 aromatic rings. The van der Waals surface area contributed by atoms with Gasteiger partial charge in [0.2, 0.25) is 0 Å². The van der Waals surface area contributed by atoms with Gasteiger partial charge in [-0.1, -0.05) is 0 Å². The Balaban J connectivity index is 0.000000963. The average Bonchev–Trinajstić information content (AvgIpc) is 2.56. The van der Waals surface area contributed by atoms with Crippen LogP contribution in [0.25, 0.3) is 6.08 Å². The molecule has 4 nitrogen and oxygen atoms in total. The van der Waals surface area contributed by atoms with E-state index in [1.807, 2.05) is 12.1 Å². The summed E-state index contributed by atoms with van der Waals surface area (Å²) in [5.41, 5.74) is 1.40. The number of rotatable bonds is 0. The number of aliphatic imine (C=N–C) groups is 1. The molecular weight excluding hydrogens is 228 g/mol. The largest absolute Gasteiger partial charge is 0.429 e. The third-order valence-electron chi connectivity index (χ3n) is 2.90. The van der Waals surface area contributed by atoms with E-state index in [0.717, 1.165) is 21.6 Å². The Labute approximate surface area is 98.6 Å². The lowest BCUT2D eigenvalue weighted by Gasteiger charge is -2.30. The number of aliphatic hydroxyl groups is 1. The lowest BCUT2D eigenvalue weighted by atomic mass is 9.82. The molecule has 2 heterocycles. The molecule has 2 N–H and O–H groups in total. The molecule has 0 aromatic carbocycles. The van der Waals surface area contributed by atoms with Crippen molar-refractivity contribution in [1.82, 2.24) is 4.73 Å². The first kappa shape index (κ1) is 11.0. The predicted molar refractivity (Wildman–Crippen MR) is 63.1 cm³/mol. The van der Waals surface area contributed by atoms with Gasteiger partial charge in [0.25, 0.3) is 0 Å². The van der Waals surface area contributed by atoms with Crippen LogP contribution in [0.15, 0.2) is 35.1 Å². The minimum absolute atomic E-state index is 0. The summed E-state index contributed by atoms with van der Waals surface area (Å²) in [6.45, 7) is 0. The first-order valence-corrected chi connectivity index (χ1v) is 4.74. The molecule has 16 heavy (non-hydrogen) atoms. The van der Waals surface area contributed by atoms with E-state index in [1.54, 1.807) is 24.7 Å². The Kier molecular flexibility index (Phi) is 2.40.